The third kappa shape index (κ3) is 5.08. The van der Waals surface area contributed by atoms with E-state index in [1.807, 2.05) is 43.3 Å². The van der Waals surface area contributed by atoms with Crippen molar-refractivity contribution in [1.82, 2.24) is 15.5 Å². The van der Waals surface area contributed by atoms with Crippen LogP contribution in [0.15, 0.2) is 53.1 Å². The van der Waals surface area contributed by atoms with Gasteiger partial charge in [0, 0.05) is 23.4 Å². The van der Waals surface area contributed by atoms with E-state index in [4.69, 9.17) is 20.9 Å². The second-order valence-electron chi connectivity index (χ2n) is 6.08. The van der Waals surface area contributed by atoms with Crippen LogP contribution < -0.4 is 10.1 Å². The fourth-order valence-corrected chi connectivity index (χ4v) is 2.73. The number of aryl methyl sites for hydroxylation is 1. The molecular formula is C20H20ClN3O3. The average Bonchev–Trinajstić information content (AvgIpc) is 3.16. The SMILES string of the molecule is COc1cccc(-c2noc(CCC(=O)N[C@H](C)c3ccc(Cl)cc3)n2)c1. The van der Waals surface area contributed by atoms with E-state index in [9.17, 15) is 4.79 Å². The minimum Gasteiger partial charge on any atom is -0.497 e. The van der Waals surface area contributed by atoms with Gasteiger partial charge in [0.2, 0.25) is 17.6 Å². The molecule has 0 unspecified atom stereocenters. The minimum absolute atomic E-state index is 0.0846. The Bertz CT molecular complexity index is 909. The molecule has 0 saturated heterocycles. The first-order valence-corrected chi connectivity index (χ1v) is 8.95. The first kappa shape index (κ1) is 18.9. The van der Waals surface area contributed by atoms with E-state index in [0.29, 0.717) is 23.2 Å². The maximum atomic E-state index is 12.2. The van der Waals surface area contributed by atoms with E-state index in [1.54, 1.807) is 19.2 Å². The number of rotatable bonds is 7. The topological polar surface area (TPSA) is 77.2 Å². The highest BCUT2D eigenvalue weighted by atomic mass is 35.5. The van der Waals surface area contributed by atoms with Gasteiger partial charge in [-0.15, -0.1) is 0 Å². The Morgan fingerprint density at radius 1 is 1.26 bits per heavy atom. The predicted octanol–water partition coefficient (Wildman–Crippen LogP) is 4.21. The molecule has 3 rings (SSSR count). The summed E-state index contributed by atoms with van der Waals surface area (Å²) in [7, 11) is 1.60. The number of hydrogen-bond acceptors (Lipinski definition) is 5. The maximum Gasteiger partial charge on any atom is 0.227 e. The van der Waals surface area contributed by atoms with Crippen LogP contribution in [0.1, 0.15) is 30.8 Å². The summed E-state index contributed by atoms with van der Waals surface area (Å²) in [5.41, 5.74) is 1.79. The van der Waals surface area contributed by atoms with Crippen molar-refractivity contribution < 1.29 is 14.1 Å². The molecule has 0 aliphatic rings. The Morgan fingerprint density at radius 2 is 2.04 bits per heavy atom. The van der Waals surface area contributed by atoms with Gasteiger partial charge in [-0.1, -0.05) is 41.0 Å². The van der Waals surface area contributed by atoms with Gasteiger partial charge in [-0.05, 0) is 36.8 Å². The number of aromatic nitrogens is 2. The molecule has 1 amide bonds. The van der Waals surface area contributed by atoms with Gasteiger partial charge >= 0.3 is 0 Å². The molecule has 1 atom stereocenters. The normalized spacial score (nSPS) is 11.8. The van der Waals surface area contributed by atoms with E-state index in [1.165, 1.54) is 0 Å². The van der Waals surface area contributed by atoms with Gasteiger partial charge in [-0.25, -0.2) is 0 Å². The number of nitrogens with zero attached hydrogens (tertiary/aromatic N) is 2. The molecule has 0 bridgehead atoms. The van der Waals surface area contributed by atoms with Crippen molar-refractivity contribution in [2.75, 3.05) is 7.11 Å². The van der Waals surface area contributed by atoms with Gasteiger partial charge in [-0.3, -0.25) is 4.79 Å². The number of carbonyl (C=O) groups excluding carboxylic acids is 1. The molecule has 3 aromatic rings. The Labute approximate surface area is 162 Å². The molecule has 2 aromatic carbocycles. The van der Waals surface area contributed by atoms with E-state index in [-0.39, 0.29) is 18.4 Å². The summed E-state index contributed by atoms with van der Waals surface area (Å²) < 4.78 is 10.4. The summed E-state index contributed by atoms with van der Waals surface area (Å²) >= 11 is 5.89. The number of methoxy groups -OCH3 is 1. The van der Waals surface area contributed by atoms with Crippen molar-refractivity contribution in [2.45, 2.75) is 25.8 Å². The first-order valence-electron chi connectivity index (χ1n) is 8.57. The summed E-state index contributed by atoms with van der Waals surface area (Å²) in [6, 6.07) is 14.7. The molecule has 0 radical (unpaired) electrons. The van der Waals surface area contributed by atoms with Crippen LogP contribution in [0.5, 0.6) is 5.75 Å². The van der Waals surface area contributed by atoms with Gasteiger partial charge in [0.1, 0.15) is 5.75 Å². The molecule has 0 aliphatic heterocycles. The van der Waals surface area contributed by atoms with Crippen LogP contribution in [-0.4, -0.2) is 23.2 Å². The maximum absolute atomic E-state index is 12.2. The highest BCUT2D eigenvalue weighted by Gasteiger charge is 2.13. The number of hydrogen-bond donors (Lipinski definition) is 1. The largest absolute Gasteiger partial charge is 0.497 e. The molecular weight excluding hydrogens is 366 g/mol. The van der Waals surface area contributed by atoms with E-state index < -0.39 is 0 Å². The first-order chi connectivity index (χ1) is 13.0. The number of ether oxygens (including phenoxy) is 1. The highest BCUT2D eigenvalue weighted by molar-refractivity contribution is 6.30. The van der Waals surface area contributed by atoms with Gasteiger partial charge in [0.15, 0.2) is 0 Å². The lowest BCUT2D eigenvalue weighted by molar-refractivity contribution is -0.121. The number of benzene rings is 2. The van der Waals surface area contributed by atoms with Crippen LogP contribution in [0, 0.1) is 0 Å². The van der Waals surface area contributed by atoms with Crippen molar-refractivity contribution in [3.05, 3.63) is 65.0 Å². The van der Waals surface area contributed by atoms with Gasteiger partial charge in [0.05, 0.1) is 13.2 Å². The molecule has 1 heterocycles. The Hall–Kier alpha value is -2.86. The Balaban J connectivity index is 1.54. The fraction of sp³-hybridized carbons (Fsp3) is 0.250. The third-order valence-corrected chi connectivity index (χ3v) is 4.36. The molecule has 7 heteroatoms. The third-order valence-electron chi connectivity index (χ3n) is 4.11. The number of nitrogens with one attached hydrogen (secondary N) is 1. The Morgan fingerprint density at radius 3 is 2.78 bits per heavy atom. The van der Waals surface area contributed by atoms with Gasteiger partial charge in [0.25, 0.3) is 0 Å². The molecule has 0 saturated carbocycles. The van der Waals surface area contributed by atoms with Crippen LogP contribution in [-0.2, 0) is 11.2 Å². The summed E-state index contributed by atoms with van der Waals surface area (Å²) in [5, 5.41) is 7.59. The Kier molecular flexibility index (Phi) is 6.08. The number of amides is 1. The number of halogens is 1. The molecule has 0 fully saturated rings. The number of carbonyl (C=O) groups is 1. The zero-order chi connectivity index (χ0) is 19.2. The minimum atomic E-state index is -0.107. The smallest absolute Gasteiger partial charge is 0.227 e. The summed E-state index contributed by atoms with van der Waals surface area (Å²) in [6.07, 6.45) is 0.633. The second-order valence-corrected chi connectivity index (χ2v) is 6.52. The van der Waals surface area contributed by atoms with Crippen molar-refractivity contribution in [2.24, 2.45) is 0 Å². The van der Waals surface area contributed by atoms with Crippen molar-refractivity contribution in [3.63, 3.8) is 0 Å². The summed E-state index contributed by atoms with van der Waals surface area (Å²) in [4.78, 5) is 16.5. The molecule has 1 N–H and O–H groups in total. The van der Waals surface area contributed by atoms with E-state index in [0.717, 1.165) is 16.9 Å². The average molecular weight is 386 g/mol. The fourth-order valence-electron chi connectivity index (χ4n) is 2.60. The lowest BCUT2D eigenvalue weighted by atomic mass is 10.1. The standard InChI is InChI=1S/C20H20ClN3O3/c1-13(14-6-8-16(21)9-7-14)22-18(25)10-11-19-23-20(24-27-19)15-4-3-5-17(12-15)26-2/h3-9,12-13H,10-11H2,1-2H3,(H,22,25)/t13-/m1/s1. The quantitative estimate of drug-likeness (QED) is 0.659. The molecule has 0 spiro atoms. The molecule has 27 heavy (non-hydrogen) atoms. The molecule has 1 aromatic heterocycles. The van der Waals surface area contributed by atoms with Crippen LogP contribution in [0.2, 0.25) is 5.02 Å². The summed E-state index contributed by atoms with van der Waals surface area (Å²) in [5.74, 6) is 1.52. The van der Waals surface area contributed by atoms with E-state index in [2.05, 4.69) is 15.5 Å². The lowest BCUT2D eigenvalue weighted by Crippen LogP contribution is -2.26. The van der Waals surface area contributed by atoms with Crippen LogP contribution in [0.4, 0.5) is 0 Å². The van der Waals surface area contributed by atoms with Gasteiger partial charge < -0.3 is 14.6 Å². The van der Waals surface area contributed by atoms with E-state index >= 15 is 0 Å². The van der Waals surface area contributed by atoms with Crippen LogP contribution in [0.3, 0.4) is 0 Å². The van der Waals surface area contributed by atoms with Crippen molar-refractivity contribution in [3.8, 4) is 17.1 Å². The van der Waals surface area contributed by atoms with Crippen molar-refractivity contribution in [1.29, 1.82) is 0 Å². The second kappa shape index (κ2) is 8.68. The van der Waals surface area contributed by atoms with Crippen LogP contribution in [0.25, 0.3) is 11.4 Å². The van der Waals surface area contributed by atoms with Crippen LogP contribution >= 0.6 is 11.6 Å². The molecule has 6 nitrogen and oxygen atoms in total. The van der Waals surface area contributed by atoms with Gasteiger partial charge in [-0.2, -0.15) is 4.98 Å². The monoisotopic (exact) mass is 385 g/mol. The molecule has 140 valence electrons. The lowest BCUT2D eigenvalue weighted by Gasteiger charge is -2.14. The predicted molar refractivity (Wildman–Crippen MR) is 103 cm³/mol. The zero-order valence-electron chi connectivity index (χ0n) is 15.1. The highest BCUT2D eigenvalue weighted by Crippen LogP contribution is 2.21. The summed E-state index contributed by atoms with van der Waals surface area (Å²) in [6.45, 7) is 1.93. The van der Waals surface area contributed by atoms with Crippen molar-refractivity contribution >= 4 is 17.5 Å². The zero-order valence-corrected chi connectivity index (χ0v) is 15.9. The molecule has 0 aliphatic carbocycles.